The summed E-state index contributed by atoms with van der Waals surface area (Å²) in [7, 11) is 5.49. The van der Waals surface area contributed by atoms with Crippen molar-refractivity contribution in [3.8, 4) is 11.5 Å². The van der Waals surface area contributed by atoms with Crippen LogP contribution in [0.25, 0.3) is 0 Å². The Kier molecular flexibility index (Phi) is 4.20. The van der Waals surface area contributed by atoms with Gasteiger partial charge in [0.05, 0.1) is 19.9 Å². The number of hydrogen-bond acceptors (Lipinski definition) is 4. The fourth-order valence-corrected chi connectivity index (χ4v) is 2.86. The molecule has 0 heterocycles. The van der Waals surface area contributed by atoms with Crippen LogP contribution in [0.1, 0.15) is 18.4 Å². The largest absolute Gasteiger partial charge is 0.496 e. The minimum Gasteiger partial charge on any atom is -0.496 e. The fourth-order valence-electron chi connectivity index (χ4n) is 2.86. The summed E-state index contributed by atoms with van der Waals surface area (Å²) in [6.45, 7) is 3.05. The van der Waals surface area contributed by atoms with Gasteiger partial charge < -0.3 is 20.1 Å². The second-order valence-electron chi connectivity index (χ2n) is 5.42. The highest BCUT2D eigenvalue weighted by Crippen LogP contribution is 2.38. The maximum absolute atomic E-state index is 5.84. The normalized spacial score (nSPS) is 21.7. The number of ether oxygens (including phenoxy) is 2. The quantitative estimate of drug-likeness (QED) is 0.885. The molecule has 0 unspecified atom stereocenters. The second kappa shape index (κ2) is 5.70. The average molecular weight is 264 g/mol. The third-order valence-electron chi connectivity index (χ3n) is 3.97. The van der Waals surface area contributed by atoms with Gasteiger partial charge in [-0.1, -0.05) is 0 Å². The van der Waals surface area contributed by atoms with Crippen molar-refractivity contribution in [3.05, 3.63) is 17.7 Å². The second-order valence-corrected chi connectivity index (χ2v) is 5.42. The molecule has 0 saturated heterocycles. The predicted octanol–water partition coefficient (Wildman–Crippen LogP) is 2.19. The van der Waals surface area contributed by atoms with E-state index in [0.717, 1.165) is 42.1 Å². The number of nitrogens with two attached hydrogens (primary N) is 1. The van der Waals surface area contributed by atoms with Crippen LogP contribution in [-0.2, 0) is 0 Å². The van der Waals surface area contributed by atoms with Crippen LogP contribution < -0.4 is 20.1 Å². The Bertz CT molecular complexity index is 442. The number of nitrogens with zero attached hydrogens (tertiary/aromatic N) is 1. The molecule has 4 nitrogen and oxygen atoms in total. The van der Waals surface area contributed by atoms with E-state index in [1.165, 1.54) is 0 Å². The van der Waals surface area contributed by atoms with Crippen LogP contribution in [0.2, 0.25) is 0 Å². The van der Waals surface area contributed by atoms with E-state index in [1.54, 1.807) is 14.2 Å². The van der Waals surface area contributed by atoms with Crippen molar-refractivity contribution >= 4 is 5.69 Å². The molecule has 0 atom stereocenters. The molecule has 1 aliphatic carbocycles. The molecule has 1 fully saturated rings. The predicted molar refractivity (Wildman–Crippen MR) is 78.3 cm³/mol. The van der Waals surface area contributed by atoms with Crippen molar-refractivity contribution < 1.29 is 9.47 Å². The number of anilines is 1. The summed E-state index contributed by atoms with van der Waals surface area (Å²) in [5, 5.41) is 0. The molecule has 2 rings (SSSR count). The van der Waals surface area contributed by atoms with E-state index in [1.807, 2.05) is 13.0 Å². The molecule has 0 amide bonds. The topological polar surface area (TPSA) is 47.7 Å². The summed E-state index contributed by atoms with van der Waals surface area (Å²) in [6, 6.07) is 4.46. The van der Waals surface area contributed by atoms with Crippen LogP contribution >= 0.6 is 0 Å². The summed E-state index contributed by atoms with van der Waals surface area (Å²) in [6.07, 6.45) is 2.25. The molecule has 1 aromatic carbocycles. The third-order valence-corrected chi connectivity index (χ3v) is 3.97. The van der Waals surface area contributed by atoms with Crippen LogP contribution in [0.15, 0.2) is 12.1 Å². The highest BCUT2D eigenvalue weighted by Gasteiger charge is 2.27. The van der Waals surface area contributed by atoms with Gasteiger partial charge in [-0.25, -0.2) is 0 Å². The Morgan fingerprint density at radius 3 is 2.47 bits per heavy atom. The van der Waals surface area contributed by atoms with Gasteiger partial charge in [0.15, 0.2) is 0 Å². The summed E-state index contributed by atoms with van der Waals surface area (Å²) in [5.74, 6) is 2.46. The minimum absolute atomic E-state index is 0.401. The van der Waals surface area contributed by atoms with Gasteiger partial charge in [0.1, 0.15) is 11.5 Å². The van der Waals surface area contributed by atoms with Gasteiger partial charge in [-0.05, 0) is 37.8 Å². The zero-order chi connectivity index (χ0) is 14.0. The maximum Gasteiger partial charge on any atom is 0.148 e. The molecular formula is C15H24N2O2. The maximum atomic E-state index is 5.84. The molecule has 19 heavy (non-hydrogen) atoms. The van der Waals surface area contributed by atoms with Crippen molar-refractivity contribution in [2.24, 2.45) is 11.7 Å². The van der Waals surface area contributed by atoms with E-state index >= 15 is 0 Å². The van der Waals surface area contributed by atoms with Gasteiger partial charge in [0.2, 0.25) is 0 Å². The minimum atomic E-state index is 0.401. The lowest BCUT2D eigenvalue weighted by Crippen LogP contribution is -2.42. The summed E-state index contributed by atoms with van der Waals surface area (Å²) in [5.41, 5.74) is 8.00. The lowest BCUT2D eigenvalue weighted by Gasteiger charge is -2.36. The lowest BCUT2D eigenvalue weighted by molar-refractivity contribution is 0.270. The van der Waals surface area contributed by atoms with E-state index < -0.39 is 0 Å². The first kappa shape index (κ1) is 14.0. The molecule has 0 spiro atoms. The van der Waals surface area contributed by atoms with Crippen LogP contribution in [0.4, 0.5) is 5.69 Å². The number of rotatable bonds is 5. The van der Waals surface area contributed by atoms with Gasteiger partial charge in [0.25, 0.3) is 0 Å². The van der Waals surface area contributed by atoms with Crippen LogP contribution in [0.3, 0.4) is 0 Å². The Morgan fingerprint density at radius 1 is 1.26 bits per heavy atom. The Labute approximate surface area is 115 Å². The molecule has 1 saturated carbocycles. The van der Waals surface area contributed by atoms with Gasteiger partial charge in [-0.2, -0.15) is 0 Å². The van der Waals surface area contributed by atoms with Gasteiger partial charge in [0, 0.05) is 25.2 Å². The van der Waals surface area contributed by atoms with E-state index in [9.17, 15) is 0 Å². The molecule has 0 radical (unpaired) electrons. The highest BCUT2D eigenvalue weighted by molar-refractivity contribution is 5.65. The summed E-state index contributed by atoms with van der Waals surface area (Å²) >= 11 is 0. The molecule has 1 aliphatic rings. The van der Waals surface area contributed by atoms with E-state index in [-0.39, 0.29) is 0 Å². The molecule has 2 N–H and O–H groups in total. The Balaban J connectivity index is 2.16. The number of benzene rings is 1. The van der Waals surface area contributed by atoms with E-state index in [4.69, 9.17) is 15.2 Å². The molecule has 4 heteroatoms. The molecule has 106 valence electrons. The number of hydrogen-bond donors (Lipinski definition) is 1. The van der Waals surface area contributed by atoms with E-state index in [2.05, 4.69) is 18.0 Å². The molecule has 1 aromatic rings. The van der Waals surface area contributed by atoms with Gasteiger partial charge in [-0.3, -0.25) is 0 Å². The zero-order valence-corrected chi connectivity index (χ0v) is 12.3. The summed E-state index contributed by atoms with van der Waals surface area (Å²) in [4.78, 5) is 2.25. The molecule has 0 aromatic heterocycles. The zero-order valence-electron chi connectivity index (χ0n) is 12.3. The van der Waals surface area contributed by atoms with Gasteiger partial charge in [-0.15, -0.1) is 0 Å². The first-order chi connectivity index (χ1) is 9.06. The van der Waals surface area contributed by atoms with Crippen LogP contribution in [0, 0.1) is 12.8 Å². The molecule has 0 aliphatic heterocycles. The van der Waals surface area contributed by atoms with Gasteiger partial charge >= 0.3 is 0 Å². The van der Waals surface area contributed by atoms with Crippen LogP contribution in [0.5, 0.6) is 11.5 Å². The fraction of sp³-hybridized carbons (Fsp3) is 0.600. The first-order valence-corrected chi connectivity index (χ1v) is 6.75. The van der Waals surface area contributed by atoms with Crippen LogP contribution in [-0.4, -0.2) is 33.9 Å². The lowest BCUT2D eigenvalue weighted by atomic mass is 9.80. The highest BCUT2D eigenvalue weighted by atomic mass is 16.5. The Hall–Kier alpha value is -1.42. The van der Waals surface area contributed by atoms with Crippen molar-refractivity contribution in [2.45, 2.75) is 25.8 Å². The standard InChI is InChI=1S/C15H24N2O2/c1-10-14(18-3)6-5-13(15(10)19-4)17(2)9-11-7-12(16)8-11/h5-6,11-12H,7-9,16H2,1-4H3. The molecular weight excluding hydrogens is 240 g/mol. The molecule has 0 bridgehead atoms. The van der Waals surface area contributed by atoms with Crippen molar-refractivity contribution in [2.75, 3.05) is 32.7 Å². The monoisotopic (exact) mass is 264 g/mol. The Morgan fingerprint density at radius 2 is 1.95 bits per heavy atom. The van der Waals surface area contributed by atoms with E-state index in [0.29, 0.717) is 12.0 Å². The SMILES string of the molecule is COc1ccc(N(C)CC2CC(N)C2)c(OC)c1C. The van der Waals surface area contributed by atoms with Crippen molar-refractivity contribution in [1.82, 2.24) is 0 Å². The first-order valence-electron chi connectivity index (χ1n) is 6.75. The number of methoxy groups -OCH3 is 2. The summed E-state index contributed by atoms with van der Waals surface area (Å²) < 4.78 is 10.9. The van der Waals surface area contributed by atoms with Crippen molar-refractivity contribution in [3.63, 3.8) is 0 Å². The third kappa shape index (κ3) is 2.78. The average Bonchev–Trinajstić information content (AvgIpc) is 2.36. The van der Waals surface area contributed by atoms with Crippen molar-refractivity contribution in [1.29, 1.82) is 0 Å². The smallest absolute Gasteiger partial charge is 0.148 e.